The first-order valence-corrected chi connectivity index (χ1v) is 7.86. The molecule has 0 fully saturated rings. The first-order chi connectivity index (χ1) is 11.4. The van der Waals surface area contributed by atoms with Crippen molar-refractivity contribution in [1.29, 1.82) is 0 Å². The van der Waals surface area contributed by atoms with Crippen molar-refractivity contribution < 1.29 is 14.2 Å². The Morgan fingerprint density at radius 1 is 1.21 bits per heavy atom. The number of benzene rings is 1. The van der Waals surface area contributed by atoms with E-state index >= 15 is 0 Å². The Bertz CT molecular complexity index is 535. The van der Waals surface area contributed by atoms with Gasteiger partial charge in [-0.2, -0.15) is 0 Å². The number of guanidine groups is 1. The lowest BCUT2D eigenvalue weighted by Gasteiger charge is -2.24. The number of nitrogens with two attached hydrogens (primary N) is 1. The highest BCUT2D eigenvalue weighted by Gasteiger charge is 2.16. The van der Waals surface area contributed by atoms with E-state index in [9.17, 15) is 0 Å². The lowest BCUT2D eigenvalue weighted by Crippen LogP contribution is -2.41. The predicted octanol–water partition coefficient (Wildman–Crippen LogP) is 1.25. The molecule has 0 radical (unpaired) electrons. The molecule has 24 heavy (non-hydrogen) atoms. The van der Waals surface area contributed by atoms with Gasteiger partial charge in [0.2, 0.25) is 0 Å². The van der Waals surface area contributed by atoms with E-state index in [0.29, 0.717) is 30.6 Å². The summed E-state index contributed by atoms with van der Waals surface area (Å²) in [5, 5.41) is 3.11. The number of aliphatic imine (C=N–C) groups is 1. The Morgan fingerprint density at radius 2 is 1.88 bits per heavy atom. The van der Waals surface area contributed by atoms with Crippen LogP contribution < -0.4 is 20.5 Å². The molecule has 0 heterocycles. The molecule has 0 aliphatic carbocycles. The molecule has 1 rings (SSSR count). The van der Waals surface area contributed by atoms with Crippen LogP contribution >= 0.6 is 0 Å². The van der Waals surface area contributed by atoms with Gasteiger partial charge in [0.1, 0.15) is 0 Å². The Labute approximate surface area is 144 Å². The number of rotatable bonds is 9. The second-order valence-electron chi connectivity index (χ2n) is 5.82. The molecule has 0 saturated carbocycles. The van der Waals surface area contributed by atoms with Crippen molar-refractivity contribution in [3.05, 3.63) is 23.8 Å². The number of hydrogen-bond acceptors (Lipinski definition) is 5. The smallest absolute Gasteiger partial charge is 0.188 e. The fraction of sp³-hybridized carbons (Fsp3) is 0.588. The molecule has 3 N–H and O–H groups in total. The van der Waals surface area contributed by atoms with Crippen molar-refractivity contribution in [2.24, 2.45) is 10.7 Å². The second kappa shape index (κ2) is 10.00. The molecule has 0 saturated heterocycles. The molecular weight excluding hydrogens is 308 g/mol. The zero-order valence-electron chi connectivity index (χ0n) is 15.5. The summed E-state index contributed by atoms with van der Waals surface area (Å²) in [4.78, 5) is 6.55. The lowest BCUT2D eigenvalue weighted by atomic mass is 10.1. The highest BCUT2D eigenvalue weighted by molar-refractivity contribution is 5.78. The standard InChI is InChI=1S/C17H30N4O3/c1-12(11-22-4)20-17(18)19-10-14(21(2)3)13-7-8-15(23-5)16(9-13)24-6/h7-9,12,14H,10-11H2,1-6H3,(H3,18,19,20). The molecule has 2 unspecified atom stereocenters. The van der Waals surface area contributed by atoms with Crippen LogP contribution in [-0.2, 0) is 4.74 Å². The minimum Gasteiger partial charge on any atom is -0.493 e. The molecule has 1 aromatic rings. The van der Waals surface area contributed by atoms with Gasteiger partial charge in [-0.3, -0.25) is 4.99 Å². The summed E-state index contributed by atoms with van der Waals surface area (Å²) in [5.74, 6) is 1.81. The molecule has 2 atom stereocenters. The topological polar surface area (TPSA) is 81.3 Å². The summed E-state index contributed by atoms with van der Waals surface area (Å²) in [5.41, 5.74) is 7.04. The van der Waals surface area contributed by atoms with E-state index in [4.69, 9.17) is 19.9 Å². The van der Waals surface area contributed by atoms with Gasteiger partial charge in [-0.25, -0.2) is 0 Å². The van der Waals surface area contributed by atoms with Crippen LogP contribution in [0.25, 0.3) is 0 Å². The fourth-order valence-electron chi connectivity index (χ4n) is 2.40. The van der Waals surface area contributed by atoms with Crippen molar-refractivity contribution in [2.45, 2.75) is 19.0 Å². The van der Waals surface area contributed by atoms with Crippen LogP contribution in [0.2, 0.25) is 0 Å². The zero-order valence-corrected chi connectivity index (χ0v) is 15.5. The summed E-state index contributed by atoms with van der Waals surface area (Å²) in [6.45, 7) is 3.09. The molecule has 1 aromatic carbocycles. The third-order valence-electron chi connectivity index (χ3n) is 3.66. The maximum absolute atomic E-state index is 5.95. The van der Waals surface area contributed by atoms with E-state index in [1.165, 1.54) is 0 Å². The number of hydrogen-bond donors (Lipinski definition) is 2. The van der Waals surface area contributed by atoms with E-state index in [1.54, 1.807) is 21.3 Å². The summed E-state index contributed by atoms with van der Waals surface area (Å²) in [7, 11) is 8.93. The average molecular weight is 338 g/mol. The molecule has 7 nitrogen and oxygen atoms in total. The van der Waals surface area contributed by atoms with Crippen LogP contribution in [0, 0.1) is 0 Å². The first-order valence-electron chi connectivity index (χ1n) is 7.86. The normalized spacial score (nSPS) is 14.4. The highest BCUT2D eigenvalue weighted by atomic mass is 16.5. The Hall–Kier alpha value is -1.99. The summed E-state index contributed by atoms with van der Waals surface area (Å²) in [6, 6.07) is 6.06. The van der Waals surface area contributed by atoms with Gasteiger partial charge in [-0.05, 0) is 38.7 Å². The maximum Gasteiger partial charge on any atom is 0.188 e. The Balaban J connectivity index is 2.88. The van der Waals surface area contributed by atoms with E-state index in [0.717, 1.165) is 5.56 Å². The van der Waals surface area contributed by atoms with Gasteiger partial charge in [0, 0.05) is 13.2 Å². The number of likely N-dealkylation sites (N-methyl/N-ethyl adjacent to an activating group) is 1. The predicted molar refractivity (Wildman–Crippen MR) is 96.9 cm³/mol. The van der Waals surface area contributed by atoms with Crippen LogP contribution in [0.3, 0.4) is 0 Å². The molecule has 0 bridgehead atoms. The van der Waals surface area contributed by atoms with Crippen LogP contribution in [0.5, 0.6) is 11.5 Å². The van der Waals surface area contributed by atoms with E-state index < -0.39 is 0 Å². The van der Waals surface area contributed by atoms with Crippen molar-refractivity contribution in [3.63, 3.8) is 0 Å². The Morgan fingerprint density at radius 3 is 2.42 bits per heavy atom. The SMILES string of the molecule is COCC(C)NC(N)=NCC(c1ccc(OC)c(OC)c1)N(C)C. The number of ether oxygens (including phenoxy) is 3. The van der Waals surface area contributed by atoms with Gasteiger partial charge in [0.15, 0.2) is 17.5 Å². The quantitative estimate of drug-likeness (QED) is 0.521. The van der Waals surface area contributed by atoms with Gasteiger partial charge in [0.05, 0.1) is 33.4 Å². The fourth-order valence-corrected chi connectivity index (χ4v) is 2.40. The van der Waals surface area contributed by atoms with Gasteiger partial charge in [-0.15, -0.1) is 0 Å². The summed E-state index contributed by atoms with van der Waals surface area (Å²) in [6.07, 6.45) is 0. The number of methoxy groups -OCH3 is 3. The van der Waals surface area contributed by atoms with Gasteiger partial charge in [0.25, 0.3) is 0 Å². The van der Waals surface area contributed by atoms with Crippen LogP contribution in [0.1, 0.15) is 18.5 Å². The minimum absolute atomic E-state index is 0.0721. The van der Waals surface area contributed by atoms with Crippen molar-refractivity contribution >= 4 is 5.96 Å². The molecule has 0 amide bonds. The first kappa shape index (κ1) is 20.1. The molecule has 0 aliphatic rings. The molecule has 136 valence electrons. The lowest BCUT2D eigenvalue weighted by molar-refractivity contribution is 0.179. The molecule has 0 spiro atoms. The van der Waals surface area contributed by atoms with Crippen molar-refractivity contribution in [2.75, 3.05) is 48.6 Å². The van der Waals surface area contributed by atoms with Crippen LogP contribution in [0.15, 0.2) is 23.2 Å². The molecule has 7 heteroatoms. The monoisotopic (exact) mass is 338 g/mol. The van der Waals surface area contributed by atoms with Crippen molar-refractivity contribution in [3.8, 4) is 11.5 Å². The van der Waals surface area contributed by atoms with Gasteiger partial charge in [-0.1, -0.05) is 6.07 Å². The van der Waals surface area contributed by atoms with E-state index in [2.05, 4.69) is 15.2 Å². The summed E-state index contributed by atoms with van der Waals surface area (Å²) < 4.78 is 15.7. The average Bonchev–Trinajstić information content (AvgIpc) is 2.54. The zero-order chi connectivity index (χ0) is 18.1. The molecule has 0 aliphatic heterocycles. The van der Waals surface area contributed by atoms with Gasteiger partial charge >= 0.3 is 0 Å². The summed E-state index contributed by atoms with van der Waals surface area (Å²) >= 11 is 0. The largest absolute Gasteiger partial charge is 0.493 e. The van der Waals surface area contributed by atoms with Crippen LogP contribution in [0.4, 0.5) is 0 Å². The highest BCUT2D eigenvalue weighted by Crippen LogP contribution is 2.31. The van der Waals surface area contributed by atoms with Gasteiger partial charge < -0.3 is 30.2 Å². The number of nitrogens with one attached hydrogen (secondary N) is 1. The second-order valence-corrected chi connectivity index (χ2v) is 5.82. The van der Waals surface area contributed by atoms with Crippen molar-refractivity contribution in [1.82, 2.24) is 10.2 Å². The maximum atomic E-state index is 5.95. The van der Waals surface area contributed by atoms with E-state index in [-0.39, 0.29) is 12.1 Å². The Kier molecular flexibility index (Phi) is 8.35. The van der Waals surface area contributed by atoms with E-state index in [1.807, 2.05) is 39.2 Å². The third kappa shape index (κ3) is 5.90. The molecular formula is C17H30N4O3. The number of nitrogens with zero attached hydrogens (tertiary/aromatic N) is 2. The minimum atomic E-state index is 0.0721. The third-order valence-corrected chi connectivity index (χ3v) is 3.66. The molecule has 0 aromatic heterocycles. The van der Waals surface area contributed by atoms with Crippen LogP contribution in [-0.4, -0.2) is 65.5 Å².